The van der Waals surface area contributed by atoms with Gasteiger partial charge < -0.3 is 10.1 Å². The molecule has 18 heavy (non-hydrogen) atoms. The molecule has 0 radical (unpaired) electrons. The molecule has 1 saturated heterocycles. The number of nitrogens with one attached hydrogen (secondary N) is 1. The van der Waals surface area contributed by atoms with E-state index in [0.29, 0.717) is 6.04 Å². The smallest absolute Gasteiger partial charge is 0.0702 e. The maximum atomic E-state index is 5.96. The van der Waals surface area contributed by atoms with Gasteiger partial charge in [-0.15, -0.1) is 0 Å². The number of rotatable bonds is 2. The Kier molecular flexibility index (Phi) is 3.70. The highest BCUT2D eigenvalue weighted by atomic mass is 79.9. The van der Waals surface area contributed by atoms with Crippen molar-refractivity contribution in [2.45, 2.75) is 43.7 Å². The topological polar surface area (TPSA) is 21.3 Å². The third kappa shape index (κ3) is 2.61. The minimum absolute atomic E-state index is 0.203. The summed E-state index contributed by atoms with van der Waals surface area (Å²) in [5, 5.41) is 3.66. The van der Waals surface area contributed by atoms with E-state index in [1.54, 1.807) is 0 Å². The van der Waals surface area contributed by atoms with Gasteiger partial charge in [-0.3, -0.25) is 0 Å². The number of anilines is 1. The zero-order valence-electron chi connectivity index (χ0n) is 10.2. The molecule has 2 fully saturated rings. The molecular weight excluding hydrogens is 358 g/mol. The maximum Gasteiger partial charge on any atom is 0.0702 e. The molecule has 1 aliphatic carbocycles. The van der Waals surface area contributed by atoms with Gasteiger partial charge in [0.05, 0.1) is 5.60 Å². The largest absolute Gasteiger partial charge is 0.381 e. The second kappa shape index (κ2) is 5.14. The minimum Gasteiger partial charge on any atom is -0.381 e. The summed E-state index contributed by atoms with van der Waals surface area (Å²) >= 11 is 7.13. The first-order valence-corrected chi connectivity index (χ1v) is 8.11. The Morgan fingerprint density at radius 2 is 2.11 bits per heavy atom. The fraction of sp³-hybridized carbons (Fsp3) is 0.571. The van der Waals surface area contributed by atoms with E-state index in [1.807, 2.05) is 6.07 Å². The van der Waals surface area contributed by atoms with Crippen LogP contribution in [-0.4, -0.2) is 18.2 Å². The first-order chi connectivity index (χ1) is 8.67. The van der Waals surface area contributed by atoms with Crippen LogP contribution in [0.3, 0.4) is 0 Å². The van der Waals surface area contributed by atoms with Crippen molar-refractivity contribution in [3.63, 3.8) is 0 Å². The fourth-order valence-electron chi connectivity index (χ4n) is 2.90. The highest BCUT2D eigenvalue weighted by molar-refractivity contribution is 9.11. The lowest BCUT2D eigenvalue weighted by molar-refractivity contribution is -0.130. The third-order valence-electron chi connectivity index (χ3n) is 4.05. The average molecular weight is 375 g/mol. The summed E-state index contributed by atoms with van der Waals surface area (Å²) in [5.41, 5.74) is 1.37. The predicted octanol–water partition coefficient (Wildman–Crippen LogP) is 4.73. The van der Waals surface area contributed by atoms with Crippen LogP contribution in [0.4, 0.5) is 5.69 Å². The van der Waals surface area contributed by atoms with Crippen molar-refractivity contribution in [1.82, 2.24) is 0 Å². The summed E-state index contributed by atoms with van der Waals surface area (Å²) in [6.45, 7) is 0.892. The zero-order chi connectivity index (χ0) is 12.6. The lowest BCUT2D eigenvalue weighted by Crippen LogP contribution is -2.49. The molecule has 1 atom stereocenters. The second-order valence-corrected chi connectivity index (χ2v) is 7.11. The van der Waals surface area contributed by atoms with Crippen molar-refractivity contribution < 1.29 is 4.74 Å². The van der Waals surface area contributed by atoms with E-state index in [2.05, 4.69) is 49.3 Å². The van der Waals surface area contributed by atoms with Gasteiger partial charge in [-0.25, -0.2) is 0 Å². The highest BCUT2D eigenvalue weighted by Crippen LogP contribution is 2.43. The van der Waals surface area contributed by atoms with E-state index in [4.69, 9.17) is 4.74 Å². The highest BCUT2D eigenvalue weighted by Gasteiger charge is 2.42. The normalized spacial score (nSPS) is 25.8. The Hall–Kier alpha value is -0.0600. The van der Waals surface area contributed by atoms with Gasteiger partial charge in [-0.2, -0.15) is 0 Å². The number of hydrogen-bond donors (Lipinski definition) is 1. The van der Waals surface area contributed by atoms with Gasteiger partial charge in [0.25, 0.3) is 0 Å². The van der Waals surface area contributed by atoms with E-state index in [-0.39, 0.29) is 5.60 Å². The number of ether oxygens (including phenoxy) is 1. The summed E-state index contributed by atoms with van der Waals surface area (Å²) in [7, 11) is 0. The average Bonchev–Trinajstić information content (AvgIpc) is 2.32. The van der Waals surface area contributed by atoms with Gasteiger partial charge in [-0.05, 0) is 66.2 Å². The fourth-order valence-corrected chi connectivity index (χ4v) is 3.62. The Morgan fingerprint density at radius 3 is 2.83 bits per heavy atom. The third-order valence-corrected chi connectivity index (χ3v) is 5.23. The van der Waals surface area contributed by atoms with E-state index < -0.39 is 0 Å². The molecule has 1 aliphatic heterocycles. The van der Waals surface area contributed by atoms with Crippen LogP contribution in [-0.2, 0) is 4.74 Å². The van der Waals surface area contributed by atoms with Gasteiger partial charge in [0.15, 0.2) is 0 Å². The predicted molar refractivity (Wildman–Crippen MR) is 81.0 cm³/mol. The van der Waals surface area contributed by atoms with Crippen LogP contribution < -0.4 is 5.32 Å². The van der Waals surface area contributed by atoms with Gasteiger partial charge >= 0.3 is 0 Å². The monoisotopic (exact) mass is 373 g/mol. The van der Waals surface area contributed by atoms with Crippen LogP contribution in [0.15, 0.2) is 27.1 Å². The van der Waals surface area contributed by atoms with Crippen LogP contribution in [0.1, 0.15) is 32.1 Å². The lowest BCUT2D eigenvalue weighted by atomic mass is 9.74. The summed E-state index contributed by atoms with van der Waals surface area (Å²) < 4.78 is 8.20. The van der Waals surface area contributed by atoms with Gasteiger partial charge in [0.2, 0.25) is 0 Å². The number of benzene rings is 1. The molecule has 98 valence electrons. The molecule has 1 spiro atoms. The molecule has 0 aromatic heterocycles. The summed E-state index contributed by atoms with van der Waals surface area (Å²) in [5.74, 6) is 0. The molecule has 2 nitrogen and oxygen atoms in total. The van der Waals surface area contributed by atoms with E-state index in [9.17, 15) is 0 Å². The van der Waals surface area contributed by atoms with E-state index in [1.165, 1.54) is 24.9 Å². The Labute approximate surface area is 125 Å². The van der Waals surface area contributed by atoms with Crippen LogP contribution in [0.5, 0.6) is 0 Å². The molecule has 1 aromatic rings. The van der Waals surface area contributed by atoms with Crippen molar-refractivity contribution in [3.8, 4) is 0 Å². The standard InChI is InChI=1S/C14H17Br2NO/c15-10-2-3-12(16)13(8-10)17-11-4-7-18-14(9-11)5-1-6-14/h2-3,8,11,17H,1,4-7,9H2. The molecule has 1 aromatic carbocycles. The lowest BCUT2D eigenvalue weighted by Gasteiger charge is -2.47. The molecule has 3 rings (SSSR count). The van der Waals surface area contributed by atoms with Gasteiger partial charge in [0.1, 0.15) is 0 Å². The van der Waals surface area contributed by atoms with Crippen LogP contribution >= 0.6 is 31.9 Å². The van der Waals surface area contributed by atoms with Crippen molar-refractivity contribution >= 4 is 37.5 Å². The van der Waals surface area contributed by atoms with Gasteiger partial charge in [0, 0.05) is 27.3 Å². The number of hydrogen-bond acceptors (Lipinski definition) is 2. The minimum atomic E-state index is 0.203. The Morgan fingerprint density at radius 1 is 1.28 bits per heavy atom. The first-order valence-electron chi connectivity index (χ1n) is 6.52. The molecule has 1 N–H and O–H groups in total. The second-order valence-electron chi connectivity index (χ2n) is 5.34. The van der Waals surface area contributed by atoms with E-state index >= 15 is 0 Å². The number of halogens is 2. The van der Waals surface area contributed by atoms with Crippen molar-refractivity contribution in [2.75, 3.05) is 11.9 Å². The van der Waals surface area contributed by atoms with Crippen LogP contribution in [0.2, 0.25) is 0 Å². The molecular formula is C14H17Br2NO. The molecule has 4 heteroatoms. The maximum absolute atomic E-state index is 5.96. The molecule has 1 saturated carbocycles. The molecule has 0 amide bonds. The summed E-state index contributed by atoms with van der Waals surface area (Å²) in [6.07, 6.45) is 6.05. The summed E-state index contributed by atoms with van der Waals surface area (Å²) in [4.78, 5) is 0. The molecule has 2 aliphatic rings. The zero-order valence-corrected chi connectivity index (χ0v) is 13.4. The SMILES string of the molecule is Brc1ccc(Br)c(NC2CCOC3(CCC3)C2)c1. The first kappa shape index (κ1) is 12.9. The van der Waals surface area contributed by atoms with E-state index in [0.717, 1.165) is 28.4 Å². The Bertz CT molecular complexity index is 445. The molecule has 0 bridgehead atoms. The van der Waals surface area contributed by atoms with Gasteiger partial charge in [-0.1, -0.05) is 15.9 Å². The van der Waals surface area contributed by atoms with Crippen LogP contribution in [0.25, 0.3) is 0 Å². The molecule has 1 heterocycles. The van der Waals surface area contributed by atoms with Crippen molar-refractivity contribution in [3.05, 3.63) is 27.1 Å². The summed E-state index contributed by atoms with van der Waals surface area (Å²) in [6, 6.07) is 6.79. The molecule has 1 unspecified atom stereocenters. The van der Waals surface area contributed by atoms with Crippen LogP contribution in [0, 0.1) is 0 Å². The Balaban J connectivity index is 1.70. The van der Waals surface area contributed by atoms with Crippen molar-refractivity contribution in [2.24, 2.45) is 0 Å². The quantitative estimate of drug-likeness (QED) is 0.808. The van der Waals surface area contributed by atoms with Crippen molar-refractivity contribution in [1.29, 1.82) is 0 Å².